The molecule has 1 unspecified atom stereocenters. The Labute approximate surface area is 171 Å². The van der Waals surface area contributed by atoms with Gasteiger partial charge in [-0.15, -0.1) is 0 Å². The topological polar surface area (TPSA) is 52.7 Å². The second-order valence-corrected chi connectivity index (χ2v) is 7.79. The fourth-order valence-corrected chi connectivity index (χ4v) is 3.48. The zero-order valence-corrected chi connectivity index (χ0v) is 17.1. The molecule has 28 heavy (non-hydrogen) atoms. The van der Waals surface area contributed by atoms with Crippen molar-refractivity contribution in [1.29, 1.82) is 0 Å². The molecule has 3 rings (SSSR count). The van der Waals surface area contributed by atoms with E-state index in [4.69, 9.17) is 11.6 Å². The Balaban J connectivity index is 1.67. The molecule has 1 N–H and O–H groups in total. The van der Waals surface area contributed by atoms with Crippen molar-refractivity contribution in [2.24, 2.45) is 0 Å². The minimum absolute atomic E-state index is 0.0225. The van der Waals surface area contributed by atoms with E-state index in [0.29, 0.717) is 30.1 Å². The third-order valence-corrected chi connectivity index (χ3v) is 5.27. The van der Waals surface area contributed by atoms with Gasteiger partial charge in [-0.2, -0.15) is 0 Å². The Kier molecular flexibility index (Phi) is 6.57. The Morgan fingerprint density at radius 1 is 1.11 bits per heavy atom. The van der Waals surface area contributed by atoms with Crippen LogP contribution in [-0.4, -0.2) is 43.4 Å². The van der Waals surface area contributed by atoms with E-state index in [1.54, 1.807) is 12.1 Å². The second-order valence-electron chi connectivity index (χ2n) is 7.35. The third kappa shape index (κ3) is 5.04. The number of likely N-dealkylation sites (tertiary alicyclic amines) is 1. The van der Waals surface area contributed by atoms with Gasteiger partial charge >= 0.3 is 0 Å². The van der Waals surface area contributed by atoms with Crippen LogP contribution in [0.25, 0.3) is 0 Å². The lowest BCUT2D eigenvalue weighted by Gasteiger charge is -2.25. The second kappa shape index (κ2) is 9.11. The van der Waals surface area contributed by atoms with Gasteiger partial charge in [0.05, 0.1) is 0 Å². The quantitative estimate of drug-likeness (QED) is 0.833. The Morgan fingerprint density at radius 3 is 2.43 bits per heavy atom. The average molecular weight is 400 g/mol. The zero-order chi connectivity index (χ0) is 20.1. The molecule has 148 valence electrons. The molecule has 1 aliphatic rings. The van der Waals surface area contributed by atoms with E-state index < -0.39 is 6.04 Å². The number of carbonyl (C=O) groups is 2. The molecule has 1 heterocycles. The highest BCUT2D eigenvalue weighted by Gasteiger charge is 2.28. The maximum absolute atomic E-state index is 13.0. The average Bonchev–Trinajstić information content (AvgIpc) is 2.86. The van der Waals surface area contributed by atoms with E-state index in [1.807, 2.05) is 60.3 Å². The number of nitrogens with zero attached hydrogens (tertiary/aromatic N) is 2. The molecule has 6 heteroatoms. The summed E-state index contributed by atoms with van der Waals surface area (Å²) >= 11 is 5.94. The molecule has 0 saturated carbocycles. The van der Waals surface area contributed by atoms with E-state index >= 15 is 0 Å². The molecule has 0 spiro atoms. The molecule has 1 atom stereocenters. The van der Waals surface area contributed by atoms with Gasteiger partial charge in [0.25, 0.3) is 5.91 Å². The summed E-state index contributed by atoms with van der Waals surface area (Å²) in [6.07, 6.45) is 2.51. The van der Waals surface area contributed by atoms with Crippen molar-refractivity contribution in [2.75, 3.05) is 25.5 Å². The number of hydrogen-bond acceptors (Lipinski definition) is 3. The standard InChI is InChI=1S/C22H26ClN3O2/c1-25(2)19-12-8-17(9-13-19)21(27)24-20-5-3-4-14-26(22(20)28)15-16-6-10-18(23)11-7-16/h6-13,20H,3-5,14-15H2,1-2H3,(H,24,27). The molecule has 0 aromatic heterocycles. The SMILES string of the molecule is CN(C)c1ccc(C(=O)NC2CCCCN(Cc3ccc(Cl)cc3)C2=O)cc1. The lowest BCUT2D eigenvalue weighted by atomic mass is 10.1. The summed E-state index contributed by atoms with van der Waals surface area (Å²) in [5.41, 5.74) is 2.62. The maximum Gasteiger partial charge on any atom is 0.251 e. The minimum Gasteiger partial charge on any atom is -0.378 e. The minimum atomic E-state index is -0.490. The zero-order valence-electron chi connectivity index (χ0n) is 16.3. The smallest absolute Gasteiger partial charge is 0.251 e. The van der Waals surface area contributed by atoms with E-state index in [2.05, 4.69) is 5.32 Å². The van der Waals surface area contributed by atoms with Gasteiger partial charge in [0.2, 0.25) is 5.91 Å². The molecular weight excluding hydrogens is 374 g/mol. The van der Waals surface area contributed by atoms with Crippen molar-refractivity contribution in [3.8, 4) is 0 Å². The number of nitrogens with one attached hydrogen (secondary N) is 1. The molecule has 0 radical (unpaired) electrons. The van der Waals surface area contributed by atoms with Crippen LogP contribution >= 0.6 is 11.6 Å². The van der Waals surface area contributed by atoms with Crippen molar-refractivity contribution in [2.45, 2.75) is 31.8 Å². The molecule has 0 bridgehead atoms. The van der Waals surface area contributed by atoms with Gasteiger partial charge in [-0.3, -0.25) is 9.59 Å². The molecule has 2 aromatic rings. The Morgan fingerprint density at radius 2 is 1.79 bits per heavy atom. The number of halogens is 1. The lowest BCUT2D eigenvalue weighted by molar-refractivity contribution is -0.133. The van der Waals surface area contributed by atoms with Gasteiger partial charge < -0.3 is 15.1 Å². The molecule has 1 aliphatic heterocycles. The van der Waals surface area contributed by atoms with Gasteiger partial charge in [0.1, 0.15) is 6.04 Å². The van der Waals surface area contributed by atoms with Gasteiger partial charge in [0.15, 0.2) is 0 Å². The molecule has 1 saturated heterocycles. The molecular formula is C22H26ClN3O2. The third-order valence-electron chi connectivity index (χ3n) is 5.02. The summed E-state index contributed by atoms with van der Waals surface area (Å²) in [5, 5.41) is 3.61. The lowest BCUT2D eigenvalue weighted by Crippen LogP contribution is -2.47. The number of amides is 2. The molecule has 0 aliphatic carbocycles. The van der Waals surface area contributed by atoms with Gasteiger partial charge in [-0.05, 0) is 61.2 Å². The number of benzene rings is 2. The van der Waals surface area contributed by atoms with Crippen LogP contribution in [0, 0.1) is 0 Å². The maximum atomic E-state index is 13.0. The van der Waals surface area contributed by atoms with Crippen LogP contribution in [-0.2, 0) is 11.3 Å². The first-order chi connectivity index (χ1) is 13.4. The van der Waals surface area contributed by atoms with E-state index in [1.165, 1.54) is 0 Å². The number of hydrogen-bond donors (Lipinski definition) is 1. The van der Waals surface area contributed by atoms with Crippen molar-refractivity contribution < 1.29 is 9.59 Å². The van der Waals surface area contributed by atoms with E-state index in [9.17, 15) is 9.59 Å². The predicted molar refractivity (Wildman–Crippen MR) is 113 cm³/mol. The van der Waals surface area contributed by atoms with Gasteiger partial charge in [0, 0.05) is 43.5 Å². The first-order valence-corrected chi connectivity index (χ1v) is 9.93. The van der Waals surface area contributed by atoms with Crippen LogP contribution in [0.5, 0.6) is 0 Å². The van der Waals surface area contributed by atoms with Crippen LogP contribution in [0.1, 0.15) is 35.2 Å². The van der Waals surface area contributed by atoms with Crippen LogP contribution in [0.2, 0.25) is 5.02 Å². The summed E-state index contributed by atoms with van der Waals surface area (Å²) in [5.74, 6) is -0.234. The van der Waals surface area contributed by atoms with Crippen molar-refractivity contribution in [1.82, 2.24) is 10.2 Å². The molecule has 2 aromatic carbocycles. The summed E-state index contributed by atoms with van der Waals surface area (Å²) in [7, 11) is 3.91. The summed E-state index contributed by atoms with van der Waals surface area (Å²) < 4.78 is 0. The normalized spacial score (nSPS) is 17.2. The number of carbonyl (C=O) groups excluding carboxylic acids is 2. The number of anilines is 1. The Hall–Kier alpha value is -2.53. The monoisotopic (exact) mass is 399 g/mol. The highest BCUT2D eigenvalue weighted by Crippen LogP contribution is 2.18. The first-order valence-electron chi connectivity index (χ1n) is 9.55. The summed E-state index contributed by atoms with van der Waals surface area (Å²) in [6.45, 7) is 1.23. The summed E-state index contributed by atoms with van der Waals surface area (Å²) in [4.78, 5) is 29.5. The fourth-order valence-electron chi connectivity index (χ4n) is 3.36. The van der Waals surface area contributed by atoms with Gasteiger partial charge in [-0.1, -0.05) is 23.7 Å². The number of rotatable bonds is 5. The van der Waals surface area contributed by atoms with E-state index in [-0.39, 0.29) is 11.8 Å². The summed E-state index contributed by atoms with van der Waals surface area (Å²) in [6, 6.07) is 14.4. The Bertz CT molecular complexity index is 819. The largest absolute Gasteiger partial charge is 0.378 e. The molecule has 1 fully saturated rings. The first kappa shape index (κ1) is 20.2. The predicted octanol–water partition coefficient (Wildman–Crippen LogP) is 3.72. The van der Waals surface area contributed by atoms with Crippen molar-refractivity contribution in [3.05, 3.63) is 64.7 Å². The van der Waals surface area contributed by atoms with Crippen LogP contribution in [0.4, 0.5) is 5.69 Å². The van der Waals surface area contributed by atoms with Crippen LogP contribution < -0.4 is 10.2 Å². The highest BCUT2D eigenvalue weighted by atomic mass is 35.5. The highest BCUT2D eigenvalue weighted by molar-refractivity contribution is 6.30. The van der Waals surface area contributed by atoms with Gasteiger partial charge in [-0.25, -0.2) is 0 Å². The van der Waals surface area contributed by atoms with Crippen LogP contribution in [0.15, 0.2) is 48.5 Å². The van der Waals surface area contributed by atoms with Crippen molar-refractivity contribution in [3.63, 3.8) is 0 Å². The fraction of sp³-hybridized carbons (Fsp3) is 0.364. The molecule has 2 amide bonds. The molecule has 5 nitrogen and oxygen atoms in total. The van der Waals surface area contributed by atoms with E-state index in [0.717, 1.165) is 24.1 Å². The van der Waals surface area contributed by atoms with Crippen molar-refractivity contribution >= 4 is 29.1 Å². The van der Waals surface area contributed by atoms with Crippen LogP contribution in [0.3, 0.4) is 0 Å².